The number of pyridine rings is 1. The number of benzene rings is 2. The Balaban J connectivity index is 1.75. The summed E-state index contributed by atoms with van der Waals surface area (Å²) in [6, 6.07) is 15.3. The number of rotatable bonds is 8. The zero-order valence-electron chi connectivity index (χ0n) is 19.8. The monoisotopic (exact) mass is 482 g/mol. The fourth-order valence-corrected chi connectivity index (χ4v) is 6.33. The second-order valence-electron chi connectivity index (χ2n) is 8.61. The molecule has 0 bridgehead atoms. The lowest BCUT2D eigenvalue weighted by molar-refractivity contribution is 0.0521. The van der Waals surface area contributed by atoms with Crippen molar-refractivity contribution in [1.82, 2.24) is 9.88 Å². The number of aromatic nitrogens is 1. The van der Waals surface area contributed by atoms with E-state index < -0.39 is 15.8 Å². The fourth-order valence-electron chi connectivity index (χ4n) is 4.56. The Morgan fingerprint density at radius 3 is 2.50 bits per heavy atom. The van der Waals surface area contributed by atoms with E-state index in [-0.39, 0.29) is 24.2 Å². The Bertz CT molecular complexity index is 1290. The molecule has 1 atom stereocenters. The molecule has 1 fully saturated rings. The highest BCUT2D eigenvalue weighted by molar-refractivity contribution is 7.91. The van der Waals surface area contributed by atoms with Crippen molar-refractivity contribution in [2.45, 2.75) is 39.4 Å². The van der Waals surface area contributed by atoms with Gasteiger partial charge in [0.2, 0.25) is 0 Å². The van der Waals surface area contributed by atoms with E-state index in [4.69, 9.17) is 14.5 Å². The minimum absolute atomic E-state index is 0.102. The molecule has 1 aliphatic heterocycles. The molecule has 2 aromatic carbocycles. The molecule has 0 amide bonds. The topological polar surface area (TPSA) is 85.8 Å². The summed E-state index contributed by atoms with van der Waals surface area (Å²) in [6.45, 7) is 4.82. The van der Waals surface area contributed by atoms with Crippen LogP contribution in [0.3, 0.4) is 0 Å². The van der Waals surface area contributed by atoms with Crippen LogP contribution in [0.5, 0.6) is 5.75 Å². The molecule has 0 saturated carbocycles. The number of para-hydroxylation sites is 1. The van der Waals surface area contributed by atoms with Crippen molar-refractivity contribution in [3.05, 3.63) is 70.9 Å². The summed E-state index contributed by atoms with van der Waals surface area (Å²) in [4.78, 5) is 19.9. The molecule has 1 aromatic heterocycles. The van der Waals surface area contributed by atoms with Crippen LogP contribution in [0.1, 0.15) is 40.5 Å². The van der Waals surface area contributed by atoms with Crippen molar-refractivity contribution in [1.29, 1.82) is 0 Å². The molecule has 4 rings (SSSR count). The lowest BCUT2D eigenvalue weighted by Crippen LogP contribution is -2.36. The zero-order chi connectivity index (χ0) is 24.3. The highest BCUT2D eigenvalue weighted by atomic mass is 32.2. The first kappa shape index (κ1) is 24.2. The molecule has 0 N–H and O–H groups in total. The van der Waals surface area contributed by atoms with E-state index in [9.17, 15) is 13.2 Å². The van der Waals surface area contributed by atoms with Gasteiger partial charge in [0.05, 0.1) is 42.0 Å². The molecule has 180 valence electrons. The summed E-state index contributed by atoms with van der Waals surface area (Å²) in [5.41, 5.74) is 3.71. The third-order valence-electron chi connectivity index (χ3n) is 6.33. The first-order valence-electron chi connectivity index (χ1n) is 11.4. The number of methoxy groups -OCH3 is 1. The minimum atomic E-state index is -3.09. The van der Waals surface area contributed by atoms with Crippen molar-refractivity contribution < 1.29 is 22.7 Å². The van der Waals surface area contributed by atoms with Crippen LogP contribution in [-0.4, -0.2) is 55.5 Å². The normalized spacial score (nSPS) is 17.2. The van der Waals surface area contributed by atoms with Gasteiger partial charge in [0.15, 0.2) is 9.84 Å². The molecule has 0 aliphatic carbocycles. The first-order valence-corrected chi connectivity index (χ1v) is 13.3. The van der Waals surface area contributed by atoms with Gasteiger partial charge in [-0.05, 0) is 49.6 Å². The van der Waals surface area contributed by atoms with Gasteiger partial charge in [0, 0.05) is 24.5 Å². The number of carbonyl (C=O) groups is 1. The highest BCUT2D eigenvalue weighted by Crippen LogP contribution is 2.28. The molecule has 7 nitrogen and oxygen atoms in total. The molecule has 1 unspecified atom stereocenters. The number of aryl methyl sites for hydroxylation is 1. The molecule has 34 heavy (non-hydrogen) atoms. The van der Waals surface area contributed by atoms with Gasteiger partial charge < -0.3 is 9.47 Å². The molecule has 3 aromatic rings. The van der Waals surface area contributed by atoms with Crippen LogP contribution in [0, 0.1) is 6.92 Å². The van der Waals surface area contributed by atoms with E-state index in [2.05, 4.69) is 4.90 Å². The summed E-state index contributed by atoms with van der Waals surface area (Å²) in [5.74, 6) is 0.628. The Hall–Kier alpha value is -2.97. The van der Waals surface area contributed by atoms with E-state index in [1.54, 1.807) is 14.0 Å². The Kier molecular flexibility index (Phi) is 7.19. The number of hydrogen-bond donors (Lipinski definition) is 0. The van der Waals surface area contributed by atoms with Crippen molar-refractivity contribution in [3.63, 3.8) is 0 Å². The number of esters is 1. The zero-order valence-corrected chi connectivity index (χ0v) is 20.6. The van der Waals surface area contributed by atoms with Crippen molar-refractivity contribution in [3.8, 4) is 5.75 Å². The Morgan fingerprint density at radius 2 is 1.85 bits per heavy atom. The molecule has 0 radical (unpaired) electrons. The third-order valence-corrected chi connectivity index (χ3v) is 8.08. The van der Waals surface area contributed by atoms with Crippen LogP contribution in [0.4, 0.5) is 0 Å². The maximum Gasteiger partial charge on any atom is 0.340 e. The Morgan fingerprint density at radius 1 is 1.12 bits per heavy atom. The third kappa shape index (κ3) is 5.23. The second kappa shape index (κ2) is 10.1. The van der Waals surface area contributed by atoms with E-state index in [0.29, 0.717) is 30.8 Å². The summed E-state index contributed by atoms with van der Waals surface area (Å²) in [6.07, 6.45) is 0.555. The van der Waals surface area contributed by atoms with Crippen molar-refractivity contribution in [2.24, 2.45) is 0 Å². The van der Waals surface area contributed by atoms with Crippen molar-refractivity contribution >= 4 is 26.7 Å². The second-order valence-corrected chi connectivity index (χ2v) is 10.8. The molecule has 8 heteroatoms. The Labute approximate surface area is 200 Å². The summed E-state index contributed by atoms with van der Waals surface area (Å²) in [5, 5.41) is 0.902. The van der Waals surface area contributed by atoms with Gasteiger partial charge in [-0.1, -0.05) is 30.3 Å². The predicted molar refractivity (Wildman–Crippen MR) is 132 cm³/mol. The van der Waals surface area contributed by atoms with Crippen LogP contribution in [-0.2, 0) is 27.7 Å². The van der Waals surface area contributed by atoms with E-state index in [0.717, 1.165) is 27.8 Å². The summed E-state index contributed by atoms with van der Waals surface area (Å²) in [7, 11) is -1.47. The summed E-state index contributed by atoms with van der Waals surface area (Å²) >= 11 is 0. The SMILES string of the molecule is CCOC(=O)c1c(CN(Cc2ccc(OC)cc2)C2CCS(=O)(=O)C2)nc2ccccc2c1C. The lowest BCUT2D eigenvalue weighted by Gasteiger charge is -2.29. The number of nitrogens with zero attached hydrogens (tertiary/aromatic N) is 2. The minimum Gasteiger partial charge on any atom is -0.497 e. The number of ether oxygens (including phenoxy) is 2. The van der Waals surface area contributed by atoms with Gasteiger partial charge in [-0.25, -0.2) is 13.2 Å². The van der Waals surface area contributed by atoms with Gasteiger partial charge in [-0.15, -0.1) is 0 Å². The summed E-state index contributed by atoms with van der Waals surface area (Å²) < 4.78 is 35.2. The van der Waals surface area contributed by atoms with E-state index in [1.165, 1.54) is 0 Å². The highest BCUT2D eigenvalue weighted by Gasteiger charge is 2.33. The lowest BCUT2D eigenvalue weighted by atomic mass is 10.0. The van der Waals surface area contributed by atoms with Crippen LogP contribution in [0.15, 0.2) is 48.5 Å². The average Bonchev–Trinajstić information content (AvgIpc) is 3.19. The van der Waals surface area contributed by atoms with Crippen LogP contribution < -0.4 is 4.74 Å². The molecular formula is C26H30N2O5S. The predicted octanol–water partition coefficient (Wildman–Crippen LogP) is 3.92. The van der Waals surface area contributed by atoms with Crippen LogP contribution in [0.25, 0.3) is 10.9 Å². The van der Waals surface area contributed by atoms with Gasteiger partial charge in [-0.3, -0.25) is 9.88 Å². The van der Waals surface area contributed by atoms with Gasteiger partial charge in [0.25, 0.3) is 0 Å². The maximum absolute atomic E-state index is 13.0. The van der Waals surface area contributed by atoms with Crippen LogP contribution in [0.2, 0.25) is 0 Å². The number of carbonyl (C=O) groups excluding carboxylic acids is 1. The molecular weight excluding hydrogens is 452 g/mol. The number of hydrogen-bond acceptors (Lipinski definition) is 7. The number of sulfone groups is 1. The first-order chi connectivity index (χ1) is 16.3. The molecule has 1 aliphatic rings. The maximum atomic E-state index is 13.0. The molecule has 2 heterocycles. The van der Waals surface area contributed by atoms with Crippen molar-refractivity contribution in [2.75, 3.05) is 25.2 Å². The molecule has 0 spiro atoms. The molecule has 1 saturated heterocycles. The van der Waals surface area contributed by atoms with Gasteiger partial charge >= 0.3 is 5.97 Å². The standard InChI is InChI=1S/C26H30N2O5S/c1-4-33-26(29)25-18(2)22-7-5-6-8-23(22)27-24(25)16-28(20-13-14-34(30,31)17-20)15-19-9-11-21(32-3)12-10-19/h5-12,20H,4,13-17H2,1-3H3. The van der Waals surface area contributed by atoms with E-state index in [1.807, 2.05) is 55.5 Å². The smallest absolute Gasteiger partial charge is 0.340 e. The fraction of sp³-hybridized carbons (Fsp3) is 0.385. The van der Waals surface area contributed by atoms with Gasteiger partial charge in [-0.2, -0.15) is 0 Å². The largest absolute Gasteiger partial charge is 0.497 e. The van der Waals surface area contributed by atoms with Gasteiger partial charge in [0.1, 0.15) is 5.75 Å². The van der Waals surface area contributed by atoms with Crippen LogP contribution >= 0.6 is 0 Å². The number of fused-ring (bicyclic) bond motifs is 1. The van der Waals surface area contributed by atoms with E-state index >= 15 is 0 Å². The average molecular weight is 483 g/mol. The quantitative estimate of drug-likeness (QED) is 0.450.